The number of aliphatic carboxylic acids is 1. The topological polar surface area (TPSA) is 79.6 Å². The van der Waals surface area contributed by atoms with Crippen LogP contribution in [0.5, 0.6) is 0 Å². The Balaban J connectivity index is 0.00000149. The summed E-state index contributed by atoms with van der Waals surface area (Å²) in [6.07, 6.45) is 5.40. The van der Waals surface area contributed by atoms with Crippen LogP contribution in [0.15, 0.2) is 29.2 Å². The molecule has 1 fully saturated rings. The van der Waals surface area contributed by atoms with Crippen molar-refractivity contribution in [3.63, 3.8) is 0 Å². The maximum atomic E-state index is 12.8. The van der Waals surface area contributed by atoms with Gasteiger partial charge in [0.25, 0.3) is 0 Å². The summed E-state index contributed by atoms with van der Waals surface area (Å²) in [5, 5.41) is 9.41. The first-order valence-electron chi connectivity index (χ1n) is 12.1. The van der Waals surface area contributed by atoms with Gasteiger partial charge in [-0.15, -0.1) is 0 Å². The molecule has 0 saturated carbocycles. The van der Waals surface area contributed by atoms with Gasteiger partial charge in [0.2, 0.25) is 10.0 Å². The zero-order valence-corrected chi connectivity index (χ0v) is 21.5. The van der Waals surface area contributed by atoms with E-state index in [1.54, 1.807) is 16.4 Å². The van der Waals surface area contributed by atoms with Crippen molar-refractivity contribution in [3.05, 3.63) is 52.3 Å². The van der Waals surface area contributed by atoms with E-state index in [0.29, 0.717) is 24.4 Å². The third-order valence-electron chi connectivity index (χ3n) is 6.87. The van der Waals surface area contributed by atoms with E-state index in [9.17, 15) is 18.3 Å². The fourth-order valence-electron chi connectivity index (χ4n) is 5.08. The predicted molar refractivity (Wildman–Crippen MR) is 131 cm³/mol. The van der Waals surface area contributed by atoms with Gasteiger partial charge in [-0.3, -0.25) is 4.79 Å². The molecular weight excluding hydrogens is 436 g/mol. The third kappa shape index (κ3) is 5.35. The van der Waals surface area contributed by atoms with Gasteiger partial charge in [0.1, 0.15) is 6.54 Å². The lowest BCUT2D eigenvalue weighted by Crippen LogP contribution is -2.27. The second kappa shape index (κ2) is 10.0. The molecule has 2 aliphatic rings. The quantitative estimate of drug-likeness (QED) is 0.652. The molecule has 1 aromatic carbocycles. The van der Waals surface area contributed by atoms with Crippen molar-refractivity contribution in [2.24, 2.45) is 5.41 Å². The Morgan fingerprint density at radius 3 is 2.27 bits per heavy atom. The average Bonchev–Trinajstić information content (AvgIpc) is 3.39. The molecule has 33 heavy (non-hydrogen) atoms. The van der Waals surface area contributed by atoms with E-state index in [-0.39, 0.29) is 12.0 Å². The second-order valence-electron chi connectivity index (χ2n) is 9.74. The minimum Gasteiger partial charge on any atom is -0.480 e. The van der Waals surface area contributed by atoms with Crippen LogP contribution in [0.3, 0.4) is 0 Å². The molecule has 2 aromatic rings. The van der Waals surface area contributed by atoms with E-state index >= 15 is 0 Å². The number of hydrogen-bond donors (Lipinski definition) is 1. The molecule has 1 aromatic heterocycles. The number of sulfonamides is 1. The molecule has 0 spiro atoms. The number of rotatable bonds is 6. The van der Waals surface area contributed by atoms with Gasteiger partial charge in [-0.05, 0) is 79.7 Å². The minimum absolute atomic E-state index is 0.0123. The van der Waals surface area contributed by atoms with Crippen molar-refractivity contribution < 1.29 is 18.3 Å². The van der Waals surface area contributed by atoms with Crippen molar-refractivity contribution in [1.29, 1.82) is 0 Å². The molecule has 1 aliphatic heterocycles. The van der Waals surface area contributed by atoms with E-state index < -0.39 is 16.0 Å². The predicted octanol–water partition coefficient (Wildman–Crippen LogP) is 4.80. The lowest BCUT2D eigenvalue weighted by molar-refractivity contribution is -0.137. The van der Waals surface area contributed by atoms with E-state index in [0.717, 1.165) is 49.1 Å². The van der Waals surface area contributed by atoms with Gasteiger partial charge in [-0.2, -0.15) is 4.31 Å². The molecule has 182 valence electrons. The van der Waals surface area contributed by atoms with Gasteiger partial charge in [0, 0.05) is 24.5 Å². The molecule has 1 saturated heterocycles. The van der Waals surface area contributed by atoms with Crippen LogP contribution in [-0.4, -0.2) is 41.5 Å². The van der Waals surface area contributed by atoms with Crippen LogP contribution in [0.2, 0.25) is 0 Å². The molecule has 0 bridgehead atoms. The van der Waals surface area contributed by atoms with Crippen LogP contribution in [-0.2, 0) is 40.6 Å². The van der Waals surface area contributed by atoms with Gasteiger partial charge in [0.15, 0.2) is 0 Å². The maximum Gasteiger partial charge on any atom is 0.323 e. The second-order valence-corrected chi connectivity index (χ2v) is 11.7. The smallest absolute Gasteiger partial charge is 0.323 e. The number of hydrogen-bond acceptors (Lipinski definition) is 3. The van der Waals surface area contributed by atoms with Crippen LogP contribution in [0, 0.1) is 12.3 Å². The van der Waals surface area contributed by atoms with E-state index in [1.807, 2.05) is 37.5 Å². The fourth-order valence-corrected chi connectivity index (χ4v) is 6.60. The summed E-state index contributed by atoms with van der Waals surface area (Å²) >= 11 is 0. The molecule has 4 rings (SSSR count). The van der Waals surface area contributed by atoms with Crippen LogP contribution < -0.4 is 0 Å². The number of benzene rings is 1. The Morgan fingerprint density at radius 1 is 1.09 bits per heavy atom. The fraction of sp³-hybridized carbons (Fsp3) is 0.577. The van der Waals surface area contributed by atoms with Crippen molar-refractivity contribution >= 4 is 16.0 Å². The van der Waals surface area contributed by atoms with Crippen molar-refractivity contribution in [1.82, 2.24) is 8.87 Å². The van der Waals surface area contributed by atoms with Gasteiger partial charge in [-0.25, -0.2) is 8.42 Å². The molecule has 7 heteroatoms. The van der Waals surface area contributed by atoms with Crippen molar-refractivity contribution in [2.45, 2.75) is 84.6 Å². The third-order valence-corrected chi connectivity index (χ3v) is 8.79. The minimum atomic E-state index is -3.41. The van der Waals surface area contributed by atoms with Crippen LogP contribution in [0.1, 0.15) is 75.0 Å². The maximum absolute atomic E-state index is 12.8. The largest absolute Gasteiger partial charge is 0.480 e. The summed E-state index contributed by atoms with van der Waals surface area (Å²) in [7, 11) is -3.41. The first-order chi connectivity index (χ1) is 15.6. The van der Waals surface area contributed by atoms with E-state index in [2.05, 4.69) is 13.8 Å². The highest BCUT2D eigenvalue weighted by molar-refractivity contribution is 7.89. The summed E-state index contributed by atoms with van der Waals surface area (Å²) < 4.78 is 29.1. The summed E-state index contributed by atoms with van der Waals surface area (Å²) in [4.78, 5) is 11.8. The Kier molecular flexibility index (Phi) is 7.74. The summed E-state index contributed by atoms with van der Waals surface area (Å²) in [6.45, 7) is 11.7. The Hall–Kier alpha value is -2.12. The highest BCUT2D eigenvalue weighted by Crippen LogP contribution is 2.39. The Labute approximate surface area is 198 Å². The molecule has 1 N–H and O–H groups in total. The molecule has 6 nitrogen and oxygen atoms in total. The number of aromatic nitrogens is 1. The van der Waals surface area contributed by atoms with Crippen molar-refractivity contribution in [2.75, 3.05) is 13.1 Å². The molecule has 0 amide bonds. The number of carboxylic acid groups (broad SMARTS) is 1. The zero-order chi connectivity index (χ0) is 24.4. The summed E-state index contributed by atoms with van der Waals surface area (Å²) in [6, 6.07) is 7.22. The standard InChI is InChI=1S/C24H32N2O4S.C2H6/c1-17-20(21-15-24(2,3)11-10-22(21)26(17)16-23(27)28)14-18-6-8-19(9-7-18)31(29,30)25-12-4-5-13-25;1-2/h6-9H,4-5,10-16H2,1-3H3,(H,27,28);1-2H3. The summed E-state index contributed by atoms with van der Waals surface area (Å²) in [5.41, 5.74) is 5.88. The number of carboxylic acids is 1. The zero-order valence-electron chi connectivity index (χ0n) is 20.6. The Bertz CT molecular complexity index is 1090. The normalized spacial score (nSPS) is 17.8. The average molecular weight is 475 g/mol. The van der Waals surface area contributed by atoms with Crippen LogP contribution >= 0.6 is 0 Å². The van der Waals surface area contributed by atoms with Gasteiger partial charge in [0.05, 0.1) is 4.90 Å². The molecule has 0 unspecified atom stereocenters. The summed E-state index contributed by atoms with van der Waals surface area (Å²) in [5.74, 6) is -0.825. The number of carbonyl (C=O) groups is 1. The number of nitrogens with zero attached hydrogens (tertiary/aromatic N) is 2. The van der Waals surface area contributed by atoms with Crippen LogP contribution in [0.4, 0.5) is 0 Å². The monoisotopic (exact) mass is 474 g/mol. The first-order valence-corrected chi connectivity index (χ1v) is 13.5. The van der Waals surface area contributed by atoms with E-state index in [1.165, 1.54) is 11.1 Å². The lowest BCUT2D eigenvalue weighted by atomic mass is 9.75. The lowest BCUT2D eigenvalue weighted by Gasteiger charge is -2.31. The molecule has 0 radical (unpaired) electrons. The first kappa shape index (κ1) is 25.5. The van der Waals surface area contributed by atoms with Gasteiger partial charge in [-0.1, -0.05) is 39.8 Å². The highest BCUT2D eigenvalue weighted by Gasteiger charge is 2.32. The molecule has 1 aliphatic carbocycles. The SMILES string of the molecule is CC.Cc1c(Cc2ccc(S(=O)(=O)N3CCCC3)cc2)c2c(n1CC(=O)O)CCC(C)(C)C2. The Morgan fingerprint density at radius 2 is 1.70 bits per heavy atom. The van der Waals surface area contributed by atoms with Gasteiger partial charge >= 0.3 is 5.97 Å². The van der Waals surface area contributed by atoms with E-state index in [4.69, 9.17) is 0 Å². The van der Waals surface area contributed by atoms with Crippen LogP contribution in [0.25, 0.3) is 0 Å². The number of fused-ring (bicyclic) bond motifs is 1. The molecular formula is C26H38N2O4S. The molecule has 2 heterocycles. The highest BCUT2D eigenvalue weighted by atomic mass is 32.2. The van der Waals surface area contributed by atoms with Crippen molar-refractivity contribution in [3.8, 4) is 0 Å². The molecule has 0 atom stereocenters. The van der Waals surface area contributed by atoms with Gasteiger partial charge < -0.3 is 9.67 Å².